The van der Waals surface area contributed by atoms with E-state index in [1.54, 1.807) is 0 Å². The van der Waals surface area contributed by atoms with Crippen LogP contribution < -0.4 is 0 Å². The van der Waals surface area contributed by atoms with Crippen molar-refractivity contribution in [1.82, 2.24) is 0 Å². The highest BCUT2D eigenvalue weighted by Gasteiger charge is 2.05. The second-order valence-corrected chi connectivity index (χ2v) is 5.97. The Morgan fingerprint density at radius 3 is 1.28 bits per heavy atom. The lowest BCUT2D eigenvalue weighted by Gasteiger charge is -2.09. The third kappa shape index (κ3) is 6.31. The molecule has 3 aromatic rings. The van der Waals surface area contributed by atoms with Crippen LogP contribution in [0.4, 0.5) is 0 Å². The molecule has 0 aromatic heterocycles. The molecule has 0 fully saturated rings. The number of benzene rings is 3. The molecule has 0 saturated heterocycles. The first-order valence-corrected chi connectivity index (χ1v) is 9.37. The molecule has 0 N–H and O–H groups in total. The Morgan fingerprint density at radius 1 is 0.560 bits per heavy atom. The van der Waals surface area contributed by atoms with Gasteiger partial charge in [-0.1, -0.05) is 84.9 Å². The van der Waals surface area contributed by atoms with E-state index >= 15 is 0 Å². The zero-order chi connectivity index (χ0) is 17.7. The average Bonchev–Trinajstić information content (AvgIpc) is 2.70. The summed E-state index contributed by atoms with van der Waals surface area (Å²) in [4.78, 5) is 0. The summed E-state index contributed by atoms with van der Waals surface area (Å²) in [5.74, 6) is 0. The highest BCUT2D eigenvalue weighted by atomic mass is 28.3. The molecule has 0 aliphatic rings. The van der Waals surface area contributed by atoms with Crippen LogP contribution in [-0.2, 0) is 8.85 Å². The minimum Gasteiger partial charge on any atom is -0.393 e. The normalized spacial score (nSPS) is 10.0. The zero-order valence-corrected chi connectivity index (χ0v) is 15.8. The third-order valence-electron chi connectivity index (χ3n) is 3.50. The number of hydrogen-bond donors (Lipinski definition) is 0. The second-order valence-electron chi connectivity index (χ2n) is 5.23. The zero-order valence-electron chi connectivity index (χ0n) is 14.8. The molecule has 128 valence electrons. The Kier molecular flexibility index (Phi) is 8.70. The maximum Gasteiger partial charge on any atom is 0.433 e. The fraction of sp³-hybridized carbons (Fsp3) is 0.182. The van der Waals surface area contributed by atoms with Gasteiger partial charge in [-0.15, -0.1) is 0 Å². The van der Waals surface area contributed by atoms with Gasteiger partial charge >= 0.3 is 10.0 Å². The van der Waals surface area contributed by atoms with Gasteiger partial charge in [0.05, 0.1) is 0 Å². The Hall–Kier alpha value is -2.20. The van der Waals surface area contributed by atoms with Gasteiger partial charge in [-0.2, -0.15) is 0 Å². The molecular weight excluding hydrogens is 324 g/mol. The van der Waals surface area contributed by atoms with Gasteiger partial charge in [-0.05, 0) is 36.1 Å². The molecule has 2 radical (unpaired) electrons. The summed E-state index contributed by atoms with van der Waals surface area (Å²) in [6.07, 6.45) is 0. The molecule has 3 heteroatoms. The third-order valence-corrected chi connectivity index (χ3v) is 4.32. The minimum absolute atomic E-state index is 0.232. The standard InChI is InChI=1S/C18H14.C4H10O2Si/c1-3-9-15(10-4-1)17-13-7-8-14-18(17)16-11-5-2-6-12-16;1-3-5-7-6-4-2/h1-14H;3-4H2,1-2H3. The monoisotopic (exact) mass is 348 g/mol. The predicted molar refractivity (Wildman–Crippen MR) is 106 cm³/mol. The SMILES string of the molecule is CCO[Si]OCC.c1ccc(-c2ccccc2-c2ccccc2)cc1. The lowest BCUT2D eigenvalue weighted by atomic mass is 9.95. The lowest BCUT2D eigenvalue weighted by Crippen LogP contribution is -2.02. The summed E-state index contributed by atoms with van der Waals surface area (Å²) < 4.78 is 9.76. The Morgan fingerprint density at radius 2 is 0.920 bits per heavy atom. The van der Waals surface area contributed by atoms with Gasteiger partial charge in [0.15, 0.2) is 0 Å². The maximum atomic E-state index is 4.88. The molecule has 0 unspecified atom stereocenters. The molecular formula is C22H24O2Si. The smallest absolute Gasteiger partial charge is 0.393 e. The van der Waals surface area contributed by atoms with Crippen LogP contribution in [0.25, 0.3) is 22.3 Å². The fourth-order valence-corrected chi connectivity index (χ4v) is 2.70. The van der Waals surface area contributed by atoms with Gasteiger partial charge in [-0.3, -0.25) is 0 Å². The first kappa shape index (κ1) is 19.1. The predicted octanol–water partition coefficient (Wildman–Crippen LogP) is 5.61. The van der Waals surface area contributed by atoms with Crippen molar-refractivity contribution in [2.75, 3.05) is 13.2 Å². The van der Waals surface area contributed by atoms with E-state index in [0.717, 1.165) is 13.2 Å². The van der Waals surface area contributed by atoms with E-state index in [1.807, 2.05) is 13.8 Å². The first-order chi connectivity index (χ1) is 12.4. The van der Waals surface area contributed by atoms with Crippen LogP contribution in [0.3, 0.4) is 0 Å². The van der Waals surface area contributed by atoms with Crippen LogP contribution in [0.2, 0.25) is 0 Å². The Balaban J connectivity index is 0.000000277. The van der Waals surface area contributed by atoms with Crippen molar-refractivity contribution in [3.05, 3.63) is 84.9 Å². The molecule has 25 heavy (non-hydrogen) atoms. The molecule has 0 bridgehead atoms. The summed E-state index contributed by atoms with van der Waals surface area (Å²) in [5, 5.41) is 0. The van der Waals surface area contributed by atoms with Crippen LogP contribution in [0.15, 0.2) is 84.9 Å². The quantitative estimate of drug-likeness (QED) is 0.425. The molecule has 0 amide bonds. The minimum atomic E-state index is 0.232. The van der Waals surface area contributed by atoms with Gasteiger partial charge in [-0.25, -0.2) is 0 Å². The molecule has 0 aliphatic heterocycles. The topological polar surface area (TPSA) is 18.5 Å². The van der Waals surface area contributed by atoms with Gasteiger partial charge in [0.25, 0.3) is 0 Å². The molecule has 2 nitrogen and oxygen atoms in total. The molecule has 0 spiro atoms. The molecule has 0 saturated carbocycles. The van der Waals surface area contributed by atoms with Gasteiger partial charge < -0.3 is 8.85 Å². The van der Waals surface area contributed by atoms with Crippen molar-refractivity contribution in [1.29, 1.82) is 0 Å². The van der Waals surface area contributed by atoms with Crippen molar-refractivity contribution < 1.29 is 8.85 Å². The summed E-state index contributed by atoms with van der Waals surface area (Å²) in [6, 6.07) is 29.6. The van der Waals surface area contributed by atoms with Crippen LogP contribution in [0.1, 0.15) is 13.8 Å². The van der Waals surface area contributed by atoms with E-state index in [9.17, 15) is 0 Å². The van der Waals surface area contributed by atoms with Crippen LogP contribution >= 0.6 is 0 Å². The molecule has 0 aliphatic carbocycles. The van der Waals surface area contributed by atoms with Crippen LogP contribution in [0, 0.1) is 0 Å². The molecule has 3 rings (SSSR count). The van der Waals surface area contributed by atoms with Gasteiger partial charge in [0.2, 0.25) is 0 Å². The highest BCUT2D eigenvalue weighted by molar-refractivity contribution is 6.17. The molecule has 0 atom stereocenters. The largest absolute Gasteiger partial charge is 0.433 e. The van der Waals surface area contributed by atoms with Crippen LogP contribution in [0.5, 0.6) is 0 Å². The fourth-order valence-electron chi connectivity index (χ4n) is 2.38. The van der Waals surface area contributed by atoms with E-state index in [-0.39, 0.29) is 10.0 Å². The first-order valence-electron chi connectivity index (χ1n) is 8.55. The Bertz CT molecular complexity index is 652. The van der Waals surface area contributed by atoms with Gasteiger partial charge in [0, 0.05) is 13.2 Å². The second kappa shape index (κ2) is 11.4. The summed E-state index contributed by atoms with van der Waals surface area (Å²) in [6.45, 7) is 5.40. The summed E-state index contributed by atoms with van der Waals surface area (Å²) in [5.41, 5.74) is 5.09. The van der Waals surface area contributed by atoms with Crippen molar-refractivity contribution in [3.63, 3.8) is 0 Å². The Labute approximate surface area is 153 Å². The van der Waals surface area contributed by atoms with Crippen LogP contribution in [-0.4, -0.2) is 23.2 Å². The summed E-state index contributed by atoms with van der Waals surface area (Å²) in [7, 11) is 0.232. The average molecular weight is 349 g/mol. The molecule has 3 aromatic carbocycles. The van der Waals surface area contributed by atoms with E-state index in [0.29, 0.717) is 0 Å². The lowest BCUT2D eigenvalue weighted by molar-refractivity contribution is 0.240. The van der Waals surface area contributed by atoms with Crippen molar-refractivity contribution in [2.24, 2.45) is 0 Å². The van der Waals surface area contributed by atoms with E-state index in [4.69, 9.17) is 8.85 Å². The molecule has 0 heterocycles. The highest BCUT2D eigenvalue weighted by Crippen LogP contribution is 2.31. The van der Waals surface area contributed by atoms with Gasteiger partial charge in [0.1, 0.15) is 0 Å². The summed E-state index contributed by atoms with van der Waals surface area (Å²) >= 11 is 0. The van der Waals surface area contributed by atoms with Crippen molar-refractivity contribution >= 4 is 10.0 Å². The van der Waals surface area contributed by atoms with Crippen molar-refractivity contribution in [2.45, 2.75) is 13.8 Å². The maximum absolute atomic E-state index is 4.88. The number of rotatable bonds is 6. The van der Waals surface area contributed by atoms with Crippen molar-refractivity contribution in [3.8, 4) is 22.3 Å². The number of hydrogen-bond acceptors (Lipinski definition) is 2. The van der Waals surface area contributed by atoms with E-state index < -0.39 is 0 Å². The van der Waals surface area contributed by atoms with E-state index in [1.165, 1.54) is 22.3 Å². The van der Waals surface area contributed by atoms with E-state index in [2.05, 4.69) is 84.9 Å².